The van der Waals surface area contributed by atoms with E-state index in [1.165, 1.54) is 31.5 Å². The molecule has 0 radical (unpaired) electrons. The highest BCUT2D eigenvalue weighted by Crippen LogP contribution is 2.28. The summed E-state index contributed by atoms with van der Waals surface area (Å²) in [7, 11) is 1.30. The van der Waals surface area contributed by atoms with Crippen LogP contribution in [0.25, 0.3) is 22.4 Å². The van der Waals surface area contributed by atoms with Gasteiger partial charge in [0, 0.05) is 30.9 Å². The van der Waals surface area contributed by atoms with Crippen molar-refractivity contribution in [1.82, 2.24) is 19.5 Å². The van der Waals surface area contributed by atoms with E-state index in [4.69, 9.17) is 19.5 Å². The molecule has 3 heterocycles. The Morgan fingerprint density at radius 2 is 1.86 bits per heavy atom. The highest BCUT2D eigenvalue weighted by atomic mass is 19.1. The molecule has 1 atom stereocenters. The number of fused-ring (bicyclic) bond motifs is 1. The number of hydrogen-bond acceptors (Lipinski definition) is 8. The predicted molar refractivity (Wildman–Crippen MR) is 151 cm³/mol. The second kappa shape index (κ2) is 12.1. The molecule has 2 aromatic heterocycles. The Morgan fingerprint density at radius 1 is 1.05 bits per heavy atom. The van der Waals surface area contributed by atoms with Crippen LogP contribution in [0.15, 0.2) is 60.8 Å². The molecular formula is C32H24F3N5O4. The van der Waals surface area contributed by atoms with E-state index in [9.17, 15) is 9.18 Å². The van der Waals surface area contributed by atoms with Gasteiger partial charge in [-0.2, -0.15) is 10.2 Å². The second-order valence-electron chi connectivity index (χ2n) is 10.1. The third-order valence-electron chi connectivity index (χ3n) is 7.34. The van der Waals surface area contributed by atoms with Crippen LogP contribution in [-0.4, -0.2) is 45.3 Å². The number of esters is 1. The van der Waals surface area contributed by atoms with Crippen molar-refractivity contribution in [1.29, 1.82) is 5.26 Å². The Hall–Kier alpha value is -5.28. The minimum Gasteiger partial charge on any atom is -0.473 e. The fraction of sp³-hybridized carbons (Fsp3) is 0.219. The number of rotatable bonds is 9. The topological polar surface area (TPSA) is 112 Å². The maximum atomic E-state index is 15.5. The molecule has 0 unspecified atom stereocenters. The van der Waals surface area contributed by atoms with Gasteiger partial charge < -0.3 is 18.8 Å². The molecule has 1 aliphatic heterocycles. The Kier molecular flexibility index (Phi) is 7.95. The largest absolute Gasteiger partial charge is 0.473 e. The SMILES string of the molecule is COC(=O)c1ccc2nc(Cc3cc(F)c(-c4nccc(OCc5ccc(C#N)cc5F)n4)cc3F)n(C[C@@H]3CCO3)c2c1. The fourth-order valence-corrected chi connectivity index (χ4v) is 4.89. The van der Waals surface area contributed by atoms with Crippen LogP contribution in [0.5, 0.6) is 5.88 Å². The van der Waals surface area contributed by atoms with Gasteiger partial charge in [0.05, 0.1) is 53.6 Å². The summed E-state index contributed by atoms with van der Waals surface area (Å²) in [6, 6.07) is 14.3. The standard InChI is InChI=1S/C32H24F3N5O4/c1-42-32(41)19-4-5-27-28(12-19)40(16-22-7-9-43-22)29(38-27)13-21-11-26(35)23(14-25(21)34)31-37-8-6-30(39-31)44-17-20-3-2-18(15-36)10-24(20)33/h2-6,8,10-12,14,22H,7,9,13,16-17H2,1H3/t22-/m0/s1. The summed E-state index contributed by atoms with van der Waals surface area (Å²) in [6.07, 6.45) is 2.08. The normalized spacial score (nSPS) is 14.2. The van der Waals surface area contributed by atoms with Gasteiger partial charge in [-0.3, -0.25) is 0 Å². The molecule has 3 aromatic carbocycles. The number of nitrogens with zero attached hydrogens (tertiary/aromatic N) is 5. The number of imidazole rings is 1. The molecule has 0 saturated carbocycles. The van der Waals surface area contributed by atoms with Crippen molar-refractivity contribution >= 4 is 17.0 Å². The van der Waals surface area contributed by atoms with Gasteiger partial charge in [0.25, 0.3) is 0 Å². The maximum absolute atomic E-state index is 15.5. The molecule has 0 spiro atoms. The van der Waals surface area contributed by atoms with Crippen LogP contribution in [0.4, 0.5) is 13.2 Å². The average molecular weight is 600 g/mol. The Bertz CT molecular complexity index is 1930. The molecule has 1 aliphatic rings. The van der Waals surface area contributed by atoms with Gasteiger partial charge >= 0.3 is 5.97 Å². The molecule has 0 N–H and O–H groups in total. The first-order valence-electron chi connectivity index (χ1n) is 13.6. The second-order valence-corrected chi connectivity index (χ2v) is 10.1. The van der Waals surface area contributed by atoms with Crippen molar-refractivity contribution < 1.29 is 32.2 Å². The van der Waals surface area contributed by atoms with E-state index in [1.807, 2.05) is 10.6 Å². The number of benzene rings is 3. The van der Waals surface area contributed by atoms with Crippen molar-refractivity contribution in [3.63, 3.8) is 0 Å². The van der Waals surface area contributed by atoms with E-state index in [0.717, 1.165) is 24.6 Å². The van der Waals surface area contributed by atoms with E-state index >= 15 is 8.78 Å². The van der Waals surface area contributed by atoms with Crippen LogP contribution in [-0.2, 0) is 29.0 Å². The van der Waals surface area contributed by atoms with Crippen LogP contribution in [0.3, 0.4) is 0 Å². The number of aromatic nitrogens is 4. The molecule has 222 valence electrons. The quantitative estimate of drug-likeness (QED) is 0.204. The summed E-state index contributed by atoms with van der Waals surface area (Å²) in [5.74, 6) is -2.16. The first-order chi connectivity index (χ1) is 21.3. The predicted octanol–water partition coefficient (Wildman–Crippen LogP) is 5.53. The number of ether oxygens (including phenoxy) is 3. The molecule has 44 heavy (non-hydrogen) atoms. The number of hydrogen-bond donors (Lipinski definition) is 0. The fourth-order valence-electron chi connectivity index (χ4n) is 4.89. The lowest BCUT2D eigenvalue weighted by Crippen LogP contribution is -2.31. The number of nitriles is 1. The number of halogens is 3. The van der Waals surface area contributed by atoms with Gasteiger partial charge in [-0.05, 0) is 54.4 Å². The van der Waals surface area contributed by atoms with Crippen LogP contribution in [0, 0.1) is 28.8 Å². The Morgan fingerprint density at radius 3 is 2.59 bits per heavy atom. The van der Waals surface area contributed by atoms with Crippen LogP contribution in [0.2, 0.25) is 0 Å². The summed E-state index contributed by atoms with van der Waals surface area (Å²) >= 11 is 0. The third-order valence-corrected chi connectivity index (χ3v) is 7.34. The molecule has 0 aliphatic carbocycles. The van der Waals surface area contributed by atoms with E-state index in [2.05, 4.69) is 15.0 Å². The van der Waals surface area contributed by atoms with Crippen molar-refractivity contribution in [2.75, 3.05) is 13.7 Å². The average Bonchev–Trinajstić information content (AvgIpc) is 3.35. The van der Waals surface area contributed by atoms with E-state index in [0.29, 0.717) is 35.6 Å². The maximum Gasteiger partial charge on any atom is 0.337 e. The van der Waals surface area contributed by atoms with Crippen molar-refractivity contribution in [2.45, 2.75) is 32.1 Å². The molecule has 12 heteroatoms. The van der Waals surface area contributed by atoms with E-state index in [1.54, 1.807) is 18.2 Å². The van der Waals surface area contributed by atoms with Gasteiger partial charge in [0.15, 0.2) is 5.82 Å². The zero-order chi connectivity index (χ0) is 30.8. The van der Waals surface area contributed by atoms with Crippen LogP contribution in [0.1, 0.15) is 39.3 Å². The highest BCUT2D eigenvalue weighted by molar-refractivity contribution is 5.93. The summed E-state index contributed by atoms with van der Waals surface area (Å²) in [5, 5.41) is 8.91. The van der Waals surface area contributed by atoms with E-state index in [-0.39, 0.29) is 53.1 Å². The molecular weight excluding hydrogens is 575 g/mol. The summed E-state index contributed by atoms with van der Waals surface area (Å²) in [6.45, 7) is 0.880. The molecule has 6 rings (SSSR count). The minimum absolute atomic E-state index is 0.0286. The smallest absolute Gasteiger partial charge is 0.337 e. The van der Waals surface area contributed by atoms with Crippen LogP contribution >= 0.6 is 0 Å². The monoisotopic (exact) mass is 599 g/mol. The molecule has 1 saturated heterocycles. The van der Waals surface area contributed by atoms with Gasteiger partial charge in [-0.15, -0.1) is 0 Å². The third kappa shape index (κ3) is 5.82. The Labute approximate surface area is 249 Å². The number of carbonyl (C=O) groups excluding carboxylic acids is 1. The zero-order valence-electron chi connectivity index (χ0n) is 23.4. The van der Waals surface area contributed by atoms with Crippen LogP contribution < -0.4 is 4.74 Å². The lowest BCUT2D eigenvalue weighted by molar-refractivity contribution is -0.0589. The minimum atomic E-state index is -0.755. The van der Waals surface area contributed by atoms with Crippen molar-refractivity contribution in [2.24, 2.45) is 0 Å². The lowest BCUT2D eigenvalue weighted by Gasteiger charge is -2.27. The number of methoxy groups -OCH3 is 1. The van der Waals surface area contributed by atoms with Gasteiger partial charge in [0.2, 0.25) is 5.88 Å². The number of carbonyl (C=O) groups is 1. The first-order valence-corrected chi connectivity index (χ1v) is 13.6. The molecule has 1 fully saturated rings. The summed E-state index contributed by atoms with van der Waals surface area (Å²) < 4.78 is 63.0. The Balaban J connectivity index is 1.26. The van der Waals surface area contributed by atoms with Gasteiger partial charge in [-0.25, -0.2) is 27.9 Å². The van der Waals surface area contributed by atoms with Gasteiger partial charge in [-0.1, -0.05) is 6.07 Å². The highest BCUT2D eigenvalue weighted by Gasteiger charge is 2.24. The molecule has 9 nitrogen and oxygen atoms in total. The van der Waals surface area contributed by atoms with Gasteiger partial charge in [0.1, 0.15) is 29.9 Å². The summed E-state index contributed by atoms with van der Waals surface area (Å²) in [5.41, 5.74) is 1.85. The molecule has 5 aromatic rings. The molecule has 0 amide bonds. The van der Waals surface area contributed by atoms with E-state index < -0.39 is 23.4 Å². The summed E-state index contributed by atoms with van der Waals surface area (Å²) in [4.78, 5) is 25.0. The van der Waals surface area contributed by atoms with Crippen molar-refractivity contribution in [3.05, 3.63) is 106 Å². The lowest BCUT2D eigenvalue weighted by atomic mass is 10.1. The first kappa shape index (κ1) is 28.8. The zero-order valence-corrected chi connectivity index (χ0v) is 23.4. The molecule has 0 bridgehead atoms. The van der Waals surface area contributed by atoms with Crippen molar-refractivity contribution in [3.8, 4) is 23.3 Å².